The lowest BCUT2D eigenvalue weighted by Gasteiger charge is -2.16. The van der Waals surface area contributed by atoms with Crippen LogP contribution in [0.3, 0.4) is 0 Å². The van der Waals surface area contributed by atoms with E-state index in [0.717, 1.165) is 5.56 Å². The molecule has 8 heteroatoms. The molecule has 2 aromatic rings. The molecule has 0 amide bonds. The van der Waals surface area contributed by atoms with Crippen molar-refractivity contribution >= 4 is 19.5 Å². The zero-order valence-electron chi connectivity index (χ0n) is 13.9. The number of hydrogen-bond donors (Lipinski definition) is 2. The van der Waals surface area contributed by atoms with Gasteiger partial charge in [0.2, 0.25) is 0 Å². The van der Waals surface area contributed by atoms with Gasteiger partial charge in [-0.25, -0.2) is 0 Å². The van der Waals surface area contributed by atoms with Crippen molar-refractivity contribution in [3.05, 3.63) is 71.8 Å². The maximum atomic E-state index is 12.1. The Labute approximate surface area is 150 Å². The number of rotatable bonds is 8. The molecule has 2 N–H and O–H groups in total. The number of benzene rings is 2. The van der Waals surface area contributed by atoms with E-state index in [1.54, 1.807) is 60.7 Å². The zero-order chi connectivity index (χ0) is 19.0. The van der Waals surface area contributed by atoms with Crippen LogP contribution in [0.1, 0.15) is 17.5 Å². The molecule has 26 heavy (non-hydrogen) atoms. The first-order valence-corrected chi connectivity index (χ1v) is 9.50. The van der Waals surface area contributed by atoms with E-state index in [-0.39, 0.29) is 13.2 Å². The summed E-state index contributed by atoms with van der Waals surface area (Å²) in [6, 6.07) is 17.5. The number of ether oxygens (including phenoxy) is 2. The number of carbonyl (C=O) groups excluding carboxylic acids is 2. The van der Waals surface area contributed by atoms with Gasteiger partial charge in [0.05, 0.1) is 6.42 Å². The Morgan fingerprint density at radius 1 is 0.846 bits per heavy atom. The summed E-state index contributed by atoms with van der Waals surface area (Å²) in [6.07, 6.45) is -0.759. The van der Waals surface area contributed by atoms with Gasteiger partial charge in [-0.05, 0) is 11.1 Å². The highest BCUT2D eigenvalue weighted by Gasteiger charge is 2.39. The third-order valence-corrected chi connectivity index (χ3v) is 4.71. The van der Waals surface area contributed by atoms with E-state index in [4.69, 9.17) is 9.47 Å². The fraction of sp³-hybridized carbons (Fsp3) is 0.222. The summed E-state index contributed by atoms with van der Waals surface area (Å²) in [5.74, 6) is -2.03. The van der Waals surface area contributed by atoms with Gasteiger partial charge in [-0.2, -0.15) is 0 Å². The van der Waals surface area contributed by atoms with Gasteiger partial charge >= 0.3 is 19.5 Å². The van der Waals surface area contributed by atoms with Gasteiger partial charge in [0, 0.05) is 0 Å². The SMILES string of the molecule is O=C(CC(C(=O)OCc1ccccc1)P(=O)(O)O)OCc1ccccc1. The molecule has 0 bridgehead atoms. The van der Waals surface area contributed by atoms with Crippen molar-refractivity contribution < 1.29 is 33.4 Å². The normalized spacial score (nSPS) is 12.2. The average Bonchev–Trinajstić information content (AvgIpc) is 2.63. The van der Waals surface area contributed by atoms with E-state index in [1.807, 2.05) is 0 Å². The van der Waals surface area contributed by atoms with Crippen LogP contribution in [0.15, 0.2) is 60.7 Å². The fourth-order valence-electron chi connectivity index (χ4n) is 2.12. The molecule has 1 atom stereocenters. The average molecular weight is 378 g/mol. The molecule has 0 heterocycles. The fourth-order valence-corrected chi connectivity index (χ4v) is 2.86. The lowest BCUT2D eigenvalue weighted by molar-refractivity contribution is -0.151. The van der Waals surface area contributed by atoms with Crippen molar-refractivity contribution in [1.29, 1.82) is 0 Å². The highest BCUT2D eigenvalue weighted by atomic mass is 31.2. The van der Waals surface area contributed by atoms with Crippen LogP contribution in [0.2, 0.25) is 0 Å². The Bertz CT molecular complexity index is 771. The lowest BCUT2D eigenvalue weighted by atomic mass is 10.2. The highest BCUT2D eigenvalue weighted by Crippen LogP contribution is 2.43. The van der Waals surface area contributed by atoms with Crippen LogP contribution >= 0.6 is 7.60 Å². The minimum atomic E-state index is -4.88. The van der Waals surface area contributed by atoms with Crippen LogP contribution in [0.4, 0.5) is 0 Å². The van der Waals surface area contributed by atoms with Gasteiger partial charge in [-0.1, -0.05) is 60.7 Å². The van der Waals surface area contributed by atoms with Gasteiger partial charge in [0.1, 0.15) is 13.2 Å². The Morgan fingerprint density at radius 3 is 1.77 bits per heavy atom. The number of hydrogen-bond acceptors (Lipinski definition) is 5. The summed E-state index contributed by atoms with van der Waals surface area (Å²) >= 11 is 0. The highest BCUT2D eigenvalue weighted by molar-refractivity contribution is 7.53. The molecule has 138 valence electrons. The second-order valence-electron chi connectivity index (χ2n) is 5.55. The molecule has 1 unspecified atom stereocenters. The van der Waals surface area contributed by atoms with Crippen LogP contribution in [-0.2, 0) is 36.8 Å². The Kier molecular flexibility index (Phi) is 7.09. The van der Waals surface area contributed by atoms with Gasteiger partial charge in [0.25, 0.3) is 0 Å². The van der Waals surface area contributed by atoms with Crippen molar-refractivity contribution in [3.63, 3.8) is 0 Å². The van der Waals surface area contributed by atoms with Crippen LogP contribution in [0.5, 0.6) is 0 Å². The van der Waals surface area contributed by atoms with Gasteiger partial charge < -0.3 is 19.3 Å². The summed E-state index contributed by atoms with van der Waals surface area (Å²) in [6.45, 7) is -0.193. The molecule has 0 aliphatic carbocycles. The quantitative estimate of drug-likeness (QED) is 0.536. The smallest absolute Gasteiger partial charge is 0.340 e. The molecule has 2 rings (SSSR count). The summed E-state index contributed by atoms with van der Waals surface area (Å²) in [5, 5.41) is 0. The molecule has 0 saturated heterocycles. The van der Waals surface area contributed by atoms with Crippen molar-refractivity contribution in [2.24, 2.45) is 0 Å². The minimum absolute atomic E-state index is 0.0490. The van der Waals surface area contributed by atoms with Crippen molar-refractivity contribution in [2.75, 3.05) is 0 Å². The second kappa shape index (κ2) is 9.29. The van der Waals surface area contributed by atoms with E-state index >= 15 is 0 Å². The van der Waals surface area contributed by atoms with E-state index in [1.165, 1.54) is 0 Å². The molecule has 0 aliphatic rings. The molecule has 0 aliphatic heterocycles. The lowest BCUT2D eigenvalue weighted by Crippen LogP contribution is -2.27. The van der Waals surface area contributed by atoms with Crippen LogP contribution < -0.4 is 0 Å². The molecule has 0 spiro atoms. The van der Waals surface area contributed by atoms with E-state index < -0.39 is 31.6 Å². The predicted octanol–water partition coefficient (Wildman–Crippen LogP) is 2.41. The van der Waals surface area contributed by atoms with Gasteiger partial charge in [-0.15, -0.1) is 0 Å². The van der Waals surface area contributed by atoms with E-state index in [9.17, 15) is 23.9 Å². The first-order chi connectivity index (χ1) is 12.4. The molecule has 0 fully saturated rings. The molecule has 0 saturated carbocycles. The third-order valence-electron chi connectivity index (χ3n) is 3.50. The monoisotopic (exact) mass is 378 g/mol. The topological polar surface area (TPSA) is 110 Å². The molecule has 0 radical (unpaired) electrons. The molecular weight excluding hydrogens is 359 g/mol. The summed E-state index contributed by atoms with van der Waals surface area (Å²) in [5.41, 5.74) is -0.508. The summed E-state index contributed by atoms with van der Waals surface area (Å²) in [4.78, 5) is 42.7. The van der Waals surface area contributed by atoms with Crippen molar-refractivity contribution in [2.45, 2.75) is 25.3 Å². The van der Waals surface area contributed by atoms with E-state index in [2.05, 4.69) is 0 Å². The standard InChI is InChI=1S/C18H19O7P/c19-17(24-12-14-7-3-1-4-8-14)11-16(26(21,22)23)18(20)25-13-15-9-5-2-6-10-15/h1-10,16H,11-13H2,(H2,21,22,23). The largest absolute Gasteiger partial charge is 0.461 e. The van der Waals surface area contributed by atoms with Crippen LogP contribution in [-0.4, -0.2) is 27.4 Å². The second-order valence-corrected chi connectivity index (χ2v) is 7.35. The molecule has 0 aromatic heterocycles. The third kappa shape index (κ3) is 6.44. The predicted molar refractivity (Wildman–Crippen MR) is 92.9 cm³/mol. The van der Waals surface area contributed by atoms with Crippen LogP contribution in [0, 0.1) is 0 Å². The maximum absolute atomic E-state index is 12.1. The summed E-state index contributed by atoms with van der Waals surface area (Å²) < 4.78 is 21.5. The Balaban J connectivity index is 1.92. The van der Waals surface area contributed by atoms with Gasteiger partial charge in [-0.3, -0.25) is 14.2 Å². The zero-order valence-corrected chi connectivity index (χ0v) is 14.7. The van der Waals surface area contributed by atoms with Gasteiger partial charge in [0.15, 0.2) is 5.66 Å². The minimum Gasteiger partial charge on any atom is -0.461 e. The van der Waals surface area contributed by atoms with Crippen molar-refractivity contribution in [1.82, 2.24) is 0 Å². The molecule has 2 aromatic carbocycles. The number of carbonyl (C=O) groups is 2. The number of esters is 2. The summed E-state index contributed by atoms with van der Waals surface area (Å²) in [7, 11) is -4.88. The Hall–Kier alpha value is -2.47. The molecule has 7 nitrogen and oxygen atoms in total. The maximum Gasteiger partial charge on any atom is 0.340 e. The van der Waals surface area contributed by atoms with Crippen LogP contribution in [0.25, 0.3) is 0 Å². The molecular formula is C18H19O7P. The Morgan fingerprint density at radius 2 is 1.31 bits per heavy atom. The first kappa shape index (κ1) is 19.8. The first-order valence-electron chi connectivity index (χ1n) is 7.81. The van der Waals surface area contributed by atoms with Crippen molar-refractivity contribution in [3.8, 4) is 0 Å². The van der Waals surface area contributed by atoms with E-state index in [0.29, 0.717) is 5.56 Å².